The molecule has 19 heteroatoms. The highest BCUT2D eigenvalue weighted by Gasteiger charge is 2.53. The molecule has 0 spiro atoms. The molecule has 3 saturated heterocycles. The molecule has 3 fully saturated rings. The molecule has 3 aliphatic rings. The molecule has 0 aromatic rings. The van der Waals surface area contributed by atoms with Crippen molar-refractivity contribution in [1.82, 2.24) is 5.32 Å². The van der Waals surface area contributed by atoms with Crippen molar-refractivity contribution >= 4 is 5.91 Å². The second-order valence-electron chi connectivity index (χ2n) is 22.1. The first-order valence-electron chi connectivity index (χ1n) is 32.1. The minimum atomic E-state index is -1.99. The molecule has 0 aromatic heterocycles. The second-order valence-corrected chi connectivity index (χ2v) is 22.1. The number of carbonyl (C=O) groups is 1. The van der Waals surface area contributed by atoms with Crippen molar-refractivity contribution in [3.63, 3.8) is 0 Å². The van der Waals surface area contributed by atoms with Crippen molar-refractivity contribution < 1.29 is 89.4 Å². The first-order valence-corrected chi connectivity index (χ1v) is 32.1. The maximum absolute atomic E-state index is 13.2. The van der Waals surface area contributed by atoms with Crippen molar-refractivity contribution in [2.45, 2.75) is 253 Å². The van der Waals surface area contributed by atoms with Gasteiger partial charge in [-0.25, -0.2) is 0 Å². The number of unbranched alkanes of at least 4 members (excludes halogenated alkanes) is 7. The zero-order valence-electron chi connectivity index (χ0n) is 52.1. The highest BCUT2D eigenvalue weighted by Crippen LogP contribution is 2.33. The SMILES string of the molecule is CC/C=C\C/C=C\C/C=C\C/C=C\C/C=C\C/C=C\C/C=C\C/C=C\C/C=C\C/C=C\C/C=C\CCCCCC(=O)NC(COC1OC(CO)C(OC2OC(CO)C(OC3OC(CO)C(O)C(O)C3O)C(O)C2O)C(O)C1O)C(O)/C=C/CCCCCC. The van der Waals surface area contributed by atoms with E-state index in [1.807, 2.05) is 6.08 Å². The molecule has 498 valence electrons. The van der Waals surface area contributed by atoms with Gasteiger partial charge in [0.1, 0.15) is 73.2 Å². The van der Waals surface area contributed by atoms with Crippen LogP contribution in [0.15, 0.2) is 146 Å². The molecule has 3 rings (SSSR count). The van der Waals surface area contributed by atoms with E-state index in [0.717, 1.165) is 116 Å². The lowest BCUT2D eigenvalue weighted by Gasteiger charge is -2.48. The van der Waals surface area contributed by atoms with Crippen LogP contribution in [0.4, 0.5) is 0 Å². The van der Waals surface area contributed by atoms with E-state index in [0.29, 0.717) is 12.8 Å². The molecular weight excluding hydrogens is 1130 g/mol. The maximum Gasteiger partial charge on any atom is 0.220 e. The van der Waals surface area contributed by atoms with Crippen LogP contribution >= 0.6 is 0 Å². The zero-order chi connectivity index (χ0) is 64.0. The quantitative estimate of drug-likeness (QED) is 0.0212. The van der Waals surface area contributed by atoms with Crippen LogP contribution < -0.4 is 5.32 Å². The van der Waals surface area contributed by atoms with Gasteiger partial charge in [-0.15, -0.1) is 0 Å². The van der Waals surface area contributed by atoms with Crippen LogP contribution in [0.5, 0.6) is 0 Å². The number of amides is 1. The number of nitrogens with one attached hydrogen (secondary N) is 1. The largest absolute Gasteiger partial charge is 0.394 e. The standard InChI is InChI=1S/C69H109NO18/c1-3-5-7-9-11-12-13-14-15-16-17-18-19-20-21-22-23-24-25-26-27-28-29-30-31-32-33-34-35-36-37-38-39-40-41-43-45-47-57(75)70-52(53(74)46-44-42-10-8-6-4-2)51-83-67-63(81)60(78)65(55(49-72)85-67)88-69-64(82)61(79)66(56(50-73)86-69)87-68-62(80)59(77)58(76)54(48-71)84-68/h5,7,11-12,14-15,17-18,20-21,23-24,26-27,29-30,32-33,35-36,38-39,44,46,52-56,58-69,71-74,76-82H,3-4,6,8-10,13,16,19,22,25,28,31,34,37,40-43,45,47-51H2,1-2H3,(H,70,75)/b7-5-,12-11-,15-14-,18-17-,21-20-,24-23-,27-26-,30-29-,33-32-,36-35-,39-38-,46-44+. The van der Waals surface area contributed by atoms with E-state index < -0.39 is 124 Å². The summed E-state index contributed by atoms with van der Waals surface area (Å²) in [6.07, 6.45) is 43.3. The van der Waals surface area contributed by atoms with Gasteiger partial charge in [-0.1, -0.05) is 185 Å². The highest BCUT2D eigenvalue weighted by atomic mass is 16.8. The van der Waals surface area contributed by atoms with Gasteiger partial charge in [0.15, 0.2) is 18.9 Å². The van der Waals surface area contributed by atoms with Gasteiger partial charge in [-0.05, 0) is 103 Å². The van der Waals surface area contributed by atoms with E-state index in [1.54, 1.807) is 6.08 Å². The Bertz CT molecular complexity index is 2170. The third-order valence-corrected chi connectivity index (χ3v) is 14.9. The van der Waals surface area contributed by atoms with Crippen LogP contribution in [0.25, 0.3) is 0 Å². The summed E-state index contributed by atoms with van der Waals surface area (Å²) < 4.78 is 34.1. The predicted molar refractivity (Wildman–Crippen MR) is 341 cm³/mol. The summed E-state index contributed by atoms with van der Waals surface area (Å²) >= 11 is 0. The van der Waals surface area contributed by atoms with E-state index in [9.17, 15) is 61.0 Å². The molecule has 0 aliphatic carbocycles. The molecule has 12 N–H and O–H groups in total. The van der Waals surface area contributed by atoms with Crippen LogP contribution in [-0.4, -0.2) is 193 Å². The lowest BCUT2D eigenvalue weighted by Crippen LogP contribution is -2.66. The fourth-order valence-corrected chi connectivity index (χ4v) is 9.66. The molecule has 0 aromatic carbocycles. The van der Waals surface area contributed by atoms with E-state index in [1.165, 1.54) is 0 Å². The molecule has 1 amide bonds. The van der Waals surface area contributed by atoms with Gasteiger partial charge >= 0.3 is 0 Å². The van der Waals surface area contributed by atoms with E-state index >= 15 is 0 Å². The number of rotatable bonds is 45. The molecule has 3 aliphatic heterocycles. The van der Waals surface area contributed by atoms with E-state index in [4.69, 9.17) is 28.4 Å². The Morgan fingerprint density at radius 2 is 0.784 bits per heavy atom. The van der Waals surface area contributed by atoms with Gasteiger partial charge in [0.2, 0.25) is 5.91 Å². The number of aliphatic hydroxyl groups is 11. The van der Waals surface area contributed by atoms with Crippen molar-refractivity contribution in [3.8, 4) is 0 Å². The minimum Gasteiger partial charge on any atom is -0.394 e. The summed E-state index contributed by atoms with van der Waals surface area (Å²) in [6, 6.07) is -0.998. The normalized spacial score (nSPS) is 29.4. The van der Waals surface area contributed by atoms with Gasteiger partial charge in [0.25, 0.3) is 0 Å². The van der Waals surface area contributed by atoms with Crippen molar-refractivity contribution in [2.24, 2.45) is 0 Å². The van der Waals surface area contributed by atoms with Gasteiger partial charge in [-0.3, -0.25) is 4.79 Å². The summed E-state index contributed by atoms with van der Waals surface area (Å²) in [5, 5.41) is 120. The topological polar surface area (TPSA) is 307 Å². The van der Waals surface area contributed by atoms with Gasteiger partial charge < -0.3 is 89.9 Å². The molecule has 0 radical (unpaired) electrons. The highest BCUT2D eigenvalue weighted by molar-refractivity contribution is 5.76. The summed E-state index contributed by atoms with van der Waals surface area (Å²) in [7, 11) is 0. The van der Waals surface area contributed by atoms with Crippen LogP contribution in [0, 0.1) is 0 Å². The predicted octanol–water partition coefficient (Wildman–Crippen LogP) is 7.20. The lowest BCUT2D eigenvalue weighted by atomic mass is 9.96. The monoisotopic (exact) mass is 1240 g/mol. The first-order chi connectivity index (χ1) is 42.8. The van der Waals surface area contributed by atoms with Crippen LogP contribution in [0.2, 0.25) is 0 Å². The molecule has 19 nitrogen and oxygen atoms in total. The van der Waals surface area contributed by atoms with Crippen molar-refractivity contribution in [3.05, 3.63) is 146 Å². The van der Waals surface area contributed by atoms with Gasteiger partial charge in [-0.2, -0.15) is 0 Å². The Kier molecular flexibility index (Phi) is 43.7. The Labute approximate surface area is 523 Å². The fourth-order valence-electron chi connectivity index (χ4n) is 9.66. The maximum atomic E-state index is 13.2. The summed E-state index contributed by atoms with van der Waals surface area (Å²) in [5.41, 5.74) is 0. The van der Waals surface area contributed by atoms with Gasteiger partial charge in [0.05, 0.1) is 38.6 Å². The molecule has 0 saturated carbocycles. The molecule has 17 unspecified atom stereocenters. The third kappa shape index (κ3) is 31.6. The average molecular weight is 1240 g/mol. The molecular formula is C69H109NO18. The van der Waals surface area contributed by atoms with Crippen LogP contribution in [0.1, 0.15) is 149 Å². The van der Waals surface area contributed by atoms with Gasteiger partial charge in [0, 0.05) is 6.42 Å². The lowest BCUT2D eigenvalue weighted by molar-refractivity contribution is -0.379. The number of hydrogen-bond donors (Lipinski definition) is 12. The summed E-state index contributed by atoms with van der Waals surface area (Å²) in [4.78, 5) is 13.2. The smallest absolute Gasteiger partial charge is 0.220 e. The Morgan fingerprint density at radius 3 is 1.20 bits per heavy atom. The average Bonchev–Trinajstić information content (AvgIpc) is 0.949. The van der Waals surface area contributed by atoms with Crippen molar-refractivity contribution in [2.75, 3.05) is 26.4 Å². The molecule has 3 heterocycles. The second kappa shape index (κ2) is 49.4. The Hall–Kier alpha value is -4.33. The van der Waals surface area contributed by atoms with E-state index in [2.05, 4.69) is 153 Å². The minimum absolute atomic E-state index is 0.191. The number of ether oxygens (including phenoxy) is 6. The first kappa shape index (κ1) is 77.9. The zero-order valence-corrected chi connectivity index (χ0v) is 52.1. The van der Waals surface area contributed by atoms with E-state index in [-0.39, 0.29) is 18.9 Å². The fraction of sp³-hybridized carbons (Fsp3) is 0.638. The third-order valence-electron chi connectivity index (χ3n) is 14.9. The number of hydrogen-bond acceptors (Lipinski definition) is 18. The Morgan fingerprint density at radius 1 is 0.420 bits per heavy atom. The number of carbonyl (C=O) groups excluding carboxylic acids is 1. The summed E-state index contributed by atoms with van der Waals surface area (Å²) in [5.74, 6) is -0.322. The Balaban J connectivity index is 1.34. The number of aliphatic hydroxyl groups excluding tert-OH is 11. The summed E-state index contributed by atoms with van der Waals surface area (Å²) in [6.45, 7) is 1.44. The number of allylic oxidation sites excluding steroid dienone is 23. The van der Waals surface area contributed by atoms with Crippen molar-refractivity contribution in [1.29, 1.82) is 0 Å². The van der Waals surface area contributed by atoms with Crippen LogP contribution in [0.3, 0.4) is 0 Å². The molecule has 0 bridgehead atoms. The van der Waals surface area contributed by atoms with Crippen LogP contribution in [-0.2, 0) is 33.2 Å². The molecule has 88 heavy (non-hydrogen) atoms. The molecule has 17 atom stereocenters.